The van der Waals surface area contributed by atoms with Crippen LogP contribution in [0.2, 0.25) is 0 Å². The summed E-state index contributed by atoms with van der Waals surface area (Å²) in [4.78, 5) is 25.7. The molecule has 0 aromatic heterocycles. The summed E-state index contributed by atoms with van der Waals surface area (Å²) in [5.41, 5.74) is -0.160. The first-order chi connectivity index (χ1) is 19.5. The first-order valence-corrected chi connectivity index (χ1v) is 12.6. The second-order valence-corrected chi connectivity index (χ2v) is 8.17. The fourth-order valence-electron chi connectivity index (χ4n) is 3.91. The largest absolute Gasteiger partial charge is 0.462 e. The summed E-state index contributed by atoms with van der Waals surface area (Å²) in [6.07, 6.45) is -4.58. The fourth-order valence-corrected chi connectivity index (χ4v) is 3.91. The number of carbonyl (C=O) groups is 2. The van der Waals surface area contributed by atoms with Gasteiger partial charge in [0.25, 0.3) is 0 Å². The Morgan fingerprint density at radius 2 is 1.32 bits per heavy atom. The van der Waals surface area contributed by atoms with Gasteiger partial charge in [-0.25, -0.2) is 9.59 Å². The van der Waals surface area contributed by atoms with Gasteiger partial charge in [-0.05, 0) is 26.0 Å². The van der Waals surface area contributed by atoms with Gasteiger partial charge in [-0.2, -0.15) is 0 Å². The van der Waals surface area contributed by atoms with Gasteiger partial charge in [-0.1, -0.05) is 6.07 Å². The van der Waals surface area contributed by atoms with E-state index in [1.54, 1.807) is 19.9 Å². The van der Waals surface area contributed by atoms with Crippen molar-refractivity contribution in [3.05, 3.63) is 29.3 Å². The van der Waals surface area contributed by atoms with E-state index in [4.69, 9.17) is 56.8 Å². The van der Waals surface area contributed by atoms with E-state index in [0.29, 0.717) is 0 Å². The molecule has 40 heavy (non-hydrogen) atoms. The highest BCUT2D eigenvalue weighted by atomic mass is 16.8. The van der Waals surface area contributed by atoms with Crippen molar-refractivity contribution in [2.24, 2.45) is 0 Å². The molecule has 1 heterocycles. The van der Waals surface area contributed by atoms with Crippen LogP contribution in [0.1, 0.15) is 34.6 Å². The molecule has 1 aliphatic heterocycles. The van der Waals surface area contributed by atoms with Gasteiger partial charge in [0, 0.05) is 28.4 Å². The first kappa shape index (κ1) is 33.8. The van der Waals surface area contributed by atoms with Crippen LogP contribution < -0.4 is 4.74 Å². The van der Waals surface area contributed by atoms with Gasteiger partial charge < -0.3 is 56.8 Å². The zero-order valence-corrected chi connectivity index (χ0v) is 23.8. The lowest BCUT2D eigenvalue weighted by molar-refractivity contribution is -0.328. The lowest BCUT2D eigenvalue weighted by Crippen LogP contribution is -2.63. The molecule has 0 N–H and O–H groups in total. The quantitative estimate of drug-likeness (QED) is 0.134. The number of hydrogen-bond donors (Lipinski definition) is 0. The van der Waals surface area contributed by atoms with Crippen molar-refractivity contribution in [1.29, 1.82) is 0 Å². The minimum atomic E-state index is -1.21. The topological polar surface area (TPSA) is 145 Å². The highest BCUT2D eigenvalue weighted by molar-refractivity contribution is 6.05. The van der Waals surface area contributed by atoms with E-state index < -0.39 is 42.6 Å². The normalized spacial score (nSPS) is 22.6. The Kier molecular flexibility index (Phi) is 15.9. The van der Waals surface area contributed by atoms with E-state index in [-0.39, 0.29) is 63.9 Å². The monoisotopic (exact) mass is 576 g/mol. The van der Waals surface area contributed by atoms with Crippen LogP contribution in [-0.2, 0) is 52.1 Å². The van der Waals surface area contributed by atoms with E-state index in [1.807, 2.05) is 0 Å². The van der Waals surface area contributed by atoms with Gasteiger partial charge >= 0.3 is 11.9 Å². The summed E-state index contributed by atoms with van der Waals surface area (Å²) >= 11 is 0. The average molecular weight is 577 g/mol. The highest BCUT2D eigenvalue weighted by Gasteiger charge is 2.50. The standard InChI is InChI=1S/C26H40O14/c1-7-34-24(27)17-10-9-11-18(20(17)25(28)35-8-2)39-26-23(38-16-32-6)22(37-15-31-5)21(36-14-30-4)19(40-26)12-33-13-29-3/h9-11,19,21-23,26H,7-8,12-16H2,1-6H3/t19-,21-,22+,23-,26-/m1/s1. The number of ether oxygens (including phenoxy) is 12. The lowest BCUT2D eigenvalue weighted by Gasteiger charge is -2.45. The Morgan fingerprint density at radius 1 is 0.750 bits per heavy atom. The van der Waals surface area contributed by atoms with Gasteiger partial charge in [0.15, 0.2) is 6.10 Å². The zero-order valence-electron chi connectivity index (χ0n) is 23.8. The number of carbonyl (C=O) groups excluding carboxylic acids is 2. The summed E-state index contributed by atoms with van der Waals surface area (Å²) < 4.78 is 66.6. The van der Waals surface area contributed by atoms with Gasteiger partial charge in [0.1, 0.15) is 56.8 Å². The maximum atomic E-state index is 13.0. The average Bonchev–Trinajstić information content (AvgIpc) is 2.95. The van der Waals surface area contributed by atoms with Crippen molar-refractivity contribution >= 4 is 11.9 Å². The molecule has 14 nitrogen and oxygen atoms in total. The second kappa shape index (κ2) is 18.9. The minimum Gasteiger partial charge on any atom is -0.462 e. The van der Waals surface area contributed by atoms with Gasteiger partial charge in [0.2, 0.25) is 6.29 Å². The molecule has 0 radical (unpaired) electrons. The molecule has 0 saturated carbocycles. The highest BCUT2D eigenvalue weighted by Crippen LogP contribution is 2.33. The Bertz CT molecular complexity index is 881. The molecule has 1 aromatic carbocycles. The third-order valence-electron chi connectivity index (χ3n) is 5.45. The molecule has 1 saturated heterocycles. The second-order valence-electron chi connectivity index (χ2n) is 8.17. The third-order valence-corrected chi connectivity index (χ3v) is 5.45. The number of esters is 2. The molecule has 0 amide bonds. The fraction of sp³-hybridized carbons (Fsp3) is 0.692. The maximum absolute atomic E-state index is 13.0. The molecule has 2 rings (SSSR count). The van der Waals surface area contributed by atoms with Crippen LogP contribution in [0.5, 0.6) is 5.75 Å². The Balaban J connectivity index is 2.55. The van der Waals surface area contributed by atoms with Crippen LogP contribution in [0.15, 0.2) is 18.2 Å². The van der Waals surface area contributed by atoms with E-state index in [0.717, 1.165) is 0 Å². The van der Waals surface area contributed by atoms with E-state index in [9.17, 15) is 9.59 Å². The molecular formula is C26H40O14. The molecule has 0 aliphatic carbocycles. The van der Waals surface area contributed by atoms with Crippen LogP contribution >= 0.6 is 0 Å². The Hall–Kier alpha value is -2.40. The number of rotatable bonds is 19. The van der Waals surface area contributed by atoms with Gasteiger partial charge in [-0.15, -0.1) is 0 Å². The Morgan fingerprint density at radius 3 is 1.93 bits per heavy atom. The van der Waals surface area contributed by atoms with Crippen molar-refractivity contribution in [2.75, 3.05) is 75.4 Å². The molecule has 5 atom stereocenters. The van der Waals surface area contributed by atoms with Crippen molar-refractivity contribution in [1.82, 2.24) is 0 Å². The predicted octanol–water partition coefficient (Wildman–Crippen LogP) is 1.73. The first-order valence-electron chi connectivity index (χ1n) is 12.6. The van der Waals surface area contributed by atoms with Crippen molar-refractivity contribution in [3.8, 4) is 5.75 Å². The van der Waals surface area contributed by atoms with Crippen LogP contribution in [0.3, 0.4) is 0 Å². The summed E-state index contributed by atoms with van der Waals surface area (Å²) in [5.74, 6) is -1.49. The Labute approximate surface area is 233 Å². The summed E-state index contributed by atoms with van der Waals surface area (Å²) in [6.45, 7) is 3.12. The SMILES string of the molecule is CCOC(=O)c1cccc(O[C@@H]2O[C@H](COCOC)[C@@H](OCOC)[C@H](OCOC)[C@H]2OCOC)c1C(=O)OCC. The molecule has 1 aliphatic rings. The van der Waals surface area contributed by atoms with Crippen LogP contribution in [-0.4, -0.2) is 118 Å². The van der Waals surface area contributed by atoms with Crippen molar-refractivity contribution in [2.45, 2.75) is 44.6 Å². The molecule has 0 unspecified atom stereocenters. The van der Waals surface area contributed by atoms with Crippen LogP contribution in [0, 0.1) is 0 Å². The summed E-state index contributed by atoms with van der Waals surface area (Å²) in [5, 5.41) is 0. The van der Waals surface area contributed by atoms with E-state index in [1.165, 1.54) is 40.6 Å². The molecule has 0 spiro atoms. The number of methoxy groups -OCH3 is 4. The lowest BCUT2D eigenvalue weighted by atomic mass is 9.98. The molecular weight excluding hydrogens is 536 g/mol. The van der Waals surface area contributed by atoms with E-state index in [2.05, 4.69) is 0 Å². The molecule has 1 aromatic rings. The predicted molar refractivity (Wildman–Crippen MR) is 136 cm³/mol. The smallest absolute Gasteiger partial charge is 0.342 e. The van der Waals surface area contributed by atoms with Gasteiger partial charge in [0.05, 0.1) is 25.4 Å². The molecule has 228 valence electrons. The van der Waals surface area contributed by atoms with Crippen LogP contribution in [0.4, 0.5) is 0 Å². The number of benzene rings is 1. The van der Waals surface area contributed by atoms with Crippen LogP contribution in [0.25, 0.3) is 0 Å². The summed E-state index contributed by atoms with van der Waals surface area (Å²) in [7, 11) is 5.88. The third kappa shape index (κ3) is 9.61. The maximum Gasteiger partial charge on any atom is 0.342 e. The molecule has 0 bridgehead atoms. The number of hydrogen-bond acceptors (Lipinski definition) is 14. The van der Waals surface area contributed by atoms with E-state index >= 15 is 0 Å². The summed E-state index contributed by atoms with van der Waals surface area (Å²) in [6, 6.07) is 4.49. The van der Waals surface area contributed by atoms with Crippen molar-refractivity contribution < 1.29 is 66.4 Å². The van der Waals surface area contributed by atoms with Gasteiger partial charge in [-0.3, -0.25) is 0 Å². The molecule has 1 fully saturated rings. The van der Waals surface area contributed by atoms with Crippen molar-refractivity contribution in [3.63, 3.8) is 0 Å². The minimum absolute atomic E-state index is 0.00155. The molecule has 14 heteroatoms. The zero-order chi connectivity index (χ0) is 29.3.